The van der Waals surface area contributed by atoms with Gasteiger partial charge in [0, 0.05) is 3.57 Å². The number of carboxylic acids is 1. The van der Waals surface area contributed by atoms with Crippen LogP contribution >= 0.6 is 22.6 Å². The number of anilines is 1. The number of rotatable bonds is 4. The molecule has 0 aliphatic rings. The van der Waals surface area contributed by atoms with Gasteiger partial charge in [0.1, 0.15) is 6.33 Å². The molecule has 1 aromatic heterocycles. The van der Waals surface area contributed by atoms with Crippen LogP contribution in [0, 0.1) is 3.57 Å². The molecule has 0 saturated carbocycles. The van der Waals surface area contributed by atoms with Crippen LogP contribution < -0.4 is 4.72 Å². The first kappa shape index (κ1) is 13.7. The summed E-state index contributed by atoms with van der Waals surface area (Å²) in [4.78, 5) is 14.4. The minimum absolute atomic E-state index is 0.0459. The second-order valence-corrected chi connectivity index (χ2v) is 6.23. The van der Waals surface area contributed by atoms with Crippen molar-refractivity contribution >= 4 is 44.5 Å². The summed E-state index contributed by atoms with van der Waals surface area (Å²) in [6, 6.07) is 3.81. The molecular formula is C9H7IN4O4S. The van der Waals surface area contributed by atoms with Gasteiger partial charge in [-0.15, -0.1) is 0 Å². The molecule has 8 nitrogen and oxygen atoms in total. The van der Waals surface area contributed by atoms with Crippen LogP contribution in [0.2, 0.25) is 0 Å². The molecule has 0 aliphatic heterocycles. The number of sulfonamides is 1. The third-order valence-corrected chi connectivity index (χ3v) is 4.40. The molecular weight excluding hydrogens is 387 g/mol. The van der Waals surface area contributed by atoms with Crippen LogP contribution in [0.25, 0.3) is 0 Å². The van der Waals surface area contributed by atoms with E-state index in [1.807, 2.05) is 22.6 Å². The molecule has 1 aromatic carbocycles. The molecule has 10 heteroatoms. The van der Waals surface area contributed by atoms with E-state index in [0.717, 1.165) is 12.4 Å². The standard InChI is InChI=1S/C9H7IN4O4S/c10-7-2-1-5(3-6(7)8(15)16)19(17,18)14-9-11-4-12-13-9/h1-4H,(H,15,16)(H2,11,12,13,14). The Balaban J connectivity index is 2.41. The minimum Gasteiger partial charge on any atom is -0.478 e. The summed E-state index contributed by atoms with van der Waals surface area (Å²) in [6.45, 7) is 0. The molecule has 0 radical (unpaired) electrons. The monoisotopic (exact) mass is 394 g/mol. The topological polar surface area (TPSA) is 125 Å². The van der Waals surface area contributed by atoms with Gasteiger partial charge in [-0.25, -0.2) is 23.0 Å². The SMILES string of the molecule is O=C(O)c1cc(S(=O)(=O)Nc2ncn[nH]2)ccc1I. The lowest BCUT2D eigenvalue weighted by atomic mass is 10.2. The second kappa shape index (κ2) is 5.13. The highest BCUT2D eigenvalue weighted by molar-refractivity contribution is 14.1. The lowest BCUT2D eigenvalue weighted by Crippen LogP contribution is -2.15. The maximum absolute atomic E-state index is 12.0. The summed E-state index contributed by atoms with van der Waals surface area (Å²) in [6.07, 6.45) is 1.15. The first-order valence-electron chi connectivity index (χ1n) is 4.81. The number of nitrogens with zero attached hydrogens (tertiary/aromatic N) is 2. The Morgan fingerprint density at radius 2 is 2.16 bits per heavy atom. The van der Waals surface area contributed by atoms with E-state index in [9.17, 15) is 13.2 Å². The van der Waals surface area contributed by atoms with Gasteiger partial charge < -0.3 is 5.11 Å². The van der Waals surface area contributed by atoms with Gasteiger partial charge in [0.25, 0.3) is 10.0 Å². The van der Waals surface area contributed by atoms with Crippen molar-refractivity contribution in [2.24, 2.45) is 0 Å². The molecule has 1 heterocycles. The summed E-state index contributed by atoms with van der Waals surface area (Å²) in [5.41, 5.74) is -0.0824. The van der Waals surface area contributed by atoms with Gasteiger partial charge >= 0.3 is 5.97 Å². The molecule has 2 aromatic rings. The second-order valence-electron chi connectivity index (χ2n) is 3.39. The van der Waals surface area contributed by atoms with Crippen molar-refractivity contribution in [3.63, 3.8) is 0 Å². The van der Waals surface area contributed by atoms with Gasteiger partial charge in [-0.1, -0.05) is 0 Å². The number of aromatic nitrogens is 3. The largest absolute Gasteiger partial charge is 0.478 e. The number of halogens is 1. The molecule has 100 valence electrons. The van der Waals surface area contributed by atoms with Crippen molar-refractivity contribution in [2.75, 3.05) is 4.72 Å². The average molecular weight is 394 g/mol. The Morgan fingerprint density at radius 3 is 2.74 bits per heavy atom. The van der Waals surface area contributed by atoms with E-state index in [-0.39, 0.29) is 16.4 Å². The number of hydrogen-bond acceptors (Lipinski definition) is 5. The fourth-order valence-corrected chi connectivity index (χ4v) is 2.83. The van der Waals surface area contributed by atoms with Crippen LogP contribution in [0.4, 0.5) is 5.95 Å². The van der Waals surface area contributed by atoms with E-state index in [2.05, 4.69) is 19.9 Å². The summed E-state index contributed by atoms with van der Waals surface area (Å²) < 4.78 is 26.6. The highest BCUT2D eigenvalue weighted by Gasteiger charge is 2.19. The van der Waals surface area contributed by atoms with Crippen molar-refractivity contribution in [1.29, 1.82) is 0 Å². The smallest absolute Gasteiger partial charge is 0.336 e. The fourth-order valence-electron chi connectivity index (χ4n) is 1.28. The number of hydrogen-bond donors (Lipinski definition) is 3. The number of carbonyl (C=O) groups is 1. The van der Waals surface area contributed by atoms with E-state index in [0.29, 0.717) is 3.57 Å². The van der Waals surface area contributed by atoms with E-state index < -0.39 is 16.0 Å². The lowest BCUT2D eigenvalue weighted by Gasteiger charge is -2.06. The maximum atomic E-state index is 12.0. The third kappa shape index (κ3) is 3.01. The number of aromatic amines is 1. The molecule has 2 rings (SSSR count). The zero-order valence-corrected chi connectivity index (χ0v) is 12.1. The number of carboxylic acid groups (broad SMARTS) is 1. The zero-order chi connectivity index (χ0) is 14.0. The number of H-pyrrole nitrogens is 1. The van der Waals surface area contributed by atoms with Crippen molar-refractivity contribution in [1.82, 2.24) is 15.2 Å². The molecule has 0 amide bonds. The third-order valence-electron chi connectivity index (χ3n) is 2.12. The fraction of sp³-hybridized carbons (Fsp3) is 0. The molecule has 0 spiro atoms. The molecule has 0 bridgehead atoms. The maximum Gasteiger partial charge on any atom is 0.336 e. The lowest BCUT2D eigenvalue weighted by molar-refractivity contribution is 0.0695. The van der Waals surface area contributed by atoms with Gasteiger partial charge in [0.2, 0.25) is 5.95 Å². The average Bonchev–Trinajstić information content (AvgIpc) is 2.80. The molecule has 0 saturated heterocycles. The van der Waals surface area contributed by atoms with Gasteiger partial charge in [-0.3, -0.25) is 0 Å². The van der Waals surface area contributed by atoms with Crippen LogP contribution in [-0.2, 0) is 10.0 Å². The minimum atomic E-state index is -3.91. The molecule has 3 N–H and O–H groups in total. The summed E-state index contributed by atoms with van der Waals surface area (Å²) in [5, 5.41) is 14.8. The first-order valence-corrected chi connectivity index (χ1v) is 7.37. The van der Waals surface area contributed by atoms with Crippen LogP contribution in [0.15, 0.2) is 29.4 Å². The van der Waals surface area contributed by atoms with E-state index in [4.69, 9.17) is 5.11 Å². The molecule has 19 heavy (non-hydrogen) atoms. The Bertz CT molecular complexity index is 714. The normalized spacial score (nSPS) is 11.2. The Labute approximate surface area is 121 Å². The Hall–Kier alpha value is -1.69. The quantitative estimate of drug-likeness (QED) is 0.662. The number of nitrogens with one attached hydrogen (secondary N) is 2. The van der Waals surface area contributed by atoms with E-state index in [1.165, 1.54) is 12.1 Å². The van der Waals surface area contributed by atoms with Gasteiger partial charge in [0.15, 0.2) is 0 Å². The summed E-state index contributed by atoms with van der Waals surface area (Å²) in [7, 11) is -3.91. The van der Waals surface area contributed by atoms with Crippen molar-refractivity contribution in [3.8, 4) is 0 Å². The van der Waals surface area contributed by atoms with Gasteiger partial charge in [-0.2, -0.15) is 10.1 Å². The van der Waals surface area contributed by atoms with Crippen LogP contribution in [0.1, 0.15) is 10.4 Å². The van der Waals surface area contributed by atoms with Crippen molar-refractivity contribution < 1.29 is 18.3 Å². The Morgan fingerprint density at radius 1 is 1.42 bits per heavy atom. The summed E-state index contributed by atoms with van der Waals surface area (Å²) in [5.74, 6) is -1.24. The van der Waals surface area contributed by atoms with Crippen molar-refractivity contribution in [2.45, 2.75) is 4.90 Å². The van der Waals surface area contributed by atoms with Crippen LogP contribution in [-0.4, -0.2) is 34.7 Å². The predicted molar refractivity (Wildman–Crippen MR) is 73.3 cm³/mol. The van der Waals surface area contributed by atoms with E-state index in [1.54, 1.807) is 0 Å². The van der Waals surface area contributed by atoms with Crippen molar-refractivity contribution in [3.05, 3.63) is 33.7 Å². The van der Waals surface area contributed by atoms with Gasteiger partial charge in [-0.05, 0) is 40.8 Å². The number of aromatic carboxylic acids is 1. The number of benzene rings is 1. The predicted octanol–water partition coefficient (Wildman–Crippen LogP) is 0.908. The van der Waals surface area contributed by atoms with Gasteiger partial charge in [0.05, 0.1) is 10.5 Å². The molecule has 0 fully saturated rings. The summed E-state index contributed by atoms with van der Waals surface area (Å²) >= 11 is 1.82. The highest BCUT2D eigenvalue weighted by atomic mass is 127. The van der Waals surface area contributed by atoms with E-state index >= 15 is 0 Å². The molecule has 0 aliphatic carbocycles. The highest BCUT2D eigenvalue weighted by Crippen LogP contribution is 2.19. The first-order chi connectivity index (χ1) is 8.90. The van der Waals surface area contributed by atoms with Crippen LogP contribution in [0.5, 0.6) is 0 Å². The van der Waals surface area contributed by atoms with Crippen LogP contribution in [0.3, 0.4) is 0 Å². The zero-order valence-electron chi connectivity index (χ0n) is 9.16. The molecule has 0 atom stereocenters. The Kier molecular flexibility index (Phi) is 3.71. The molecule has 0 unspecified atom stereocenters.